The molecule has 2 aromatic heterocycles. The van der Waals surface area contributed by atoms with E-state index in [-0.39, 0.29) is 0 Å². The number of hydrogen-bond acceptors (Lipinski definition) is 1. The number of nitrogens with zero attached hydrogens (tertiary/aromatic N) is 3. The quantitative estimate of drug-likeness (QED) is 0.588. The number of aromatic nitrogens is 3. The van der Waals surface area contributed by atoms with Crippen LogP contribution < -0.4 is 0 Å². The molecule has 3 heterocycles. The molecule has 4 rings (SSSR count). The number of benzene rings is 1. The average Bonchev–Trinajstić information content (AvgIpc) is 2.93. The molecule has 0 aliphatic carbocycles. The molecule has 1 aromatic carbocycles. The Bertz CT molecular complexity index is 770. The lowest BCUT2D eigenvalue weighted by atomic mass is 10.3. The molecule has 3 nitrogen and oxygen atoms in total. The number of hydrogen-bond donors (Lipinski definition) is 0. The Morgan fingerprint density at radius 1 is 1.11 bits per heavy atom. The zero-order valence-electron chi connectivity index (χ0n) is 9.40. The van der Waals surface area contributed by atoms with Gasteiger partial charge in [0, 0.05) is 28.2 Å². The Hall–Kier alpha value is -1.07. The predicted octanol–water partition coefficient (Wildman–Crippen LogP) is 4.04. The standard InChI is InChI=1S/C13H9Br2N3/c14-8-6-10-12(7-9(8)15)18-5-4-17-3-1-2-11(17)13(18)16-10/h1-3,6-7H,4-5H2. The zero-order valence-corrected chi connectivity index (χ0v) is 12.6. The molecule has 0 fully saturated rings. The first-order valence-corrected chi connectivity index (χ1v) is 7.33. The number of rotatable bonds is 0. The lowest BCUT2D eigenvalue weighted by molar-refractivity contribution is 0.567. The van der Waals surface area contributed by atoms with Gasteiger partial charge in [-0.2, -0.15) is 0 Å². The second-order valence-corrected chi connectivity index (χ2v) is 6.14. The fourth-order valence-corrected chi connectivity index (χ4v) is 3.22. The van der Waals surface area contributed by atoms with Crippen molar-refractivity contribution in [1.29, 1.82) is 0 Å². The van der Waals surface area contributed by atoms with Crippen molar-refractivity contribution in [2.75, 3.05) is 0 Å². The van der Waals surface area contributed by atoms with E-state index in [1.807, 2.05) is 0 Å². The summed E-state index contributed by atoms with van der Waals surface area (Å²) in [6, 6.07) is 8.41. The van der Waals surface area contributed by atoms with Gasteiger partial charge in [0.15, 0.2) is 5.82 Å². The first-order valence-electron chi connectivity index (χ1n) is 5.75. The summed E-state index contributed by atoms with van der Waals surface area (Å²) in [6.07, 6.45) is 2.12. The SMILES string of the molecule is Brc1cc2nc3n(c2cc1Br)CCn1cccc1-3. The van der Waals surface area contributed by atoms with Gasteiger partial charge in [0.1, 0.15) is 0 Å². The highest BCUT2D eigenvalue weighted by Crippen LogP contribution is 2.33. The van der Waals surface area contributed by atoms with E-state index in [1.54, 1.807) is 0 Å². The van der Waals surface area contributed by atoms with Crippen LogP contribution in [0.5, 0.6) is 0 Å². The van der Waals surface area contributed by atoms with E-state index in [0.717, 1.165) is 33.4 Å². The van der Waals surface area contributed by atoms with Crippen LogP contribution in [-0.2, 0) is 13.1 Å². The third kappa shape index (κ3) is 1.37. The van der Waals surface area contributed by atoms with Gasteiger partial charge >= 0.3 is 0 Å². The van der Waals surface area contributed by atoms with Crippen LogP contribution in [0.2, 0.25) is 0 Å². The van der Waals surface area contributed by atoms with Crippen molar-refractivity contribution >= 4 is 42.9 Å². The summed E-state index contributed by atoms with van der Waals surface area (Å²) >= 11 is 7.09. The molecule has 18 heavy (non-hydrogen) atoms. The molecule has 0 N–H and O–H groups in total. The molecule has 0 saturated carbocycles. The molecular weight excluding hydrogens is 358 g/mol. The lowest BCUT2D eigenvalue weighted by Gasteiger charge is -2.18. The van der Waals surface area contributed by atoms with Crippen LogP contribution in [0.1, 0.15) is 0 Å². The Morgan fingerprint density at radius 2 is 1.94 bits per heavy atom. The van der Waals surface area contributed by atoms with Crippen LogP contribution >= 0.6 is 31.9 Å². The third-order valence-electron chi connectivity index (χ3n) is 3.41. The average molecular weight is 367 g/mol. The van der Waals surface area contributed by atoms with Gasteiger partial charge in [-0.1, -0.05) is 0 Å². The number of halogens is 2. The van der Waals surface area contributed by atoms with Gasteiger partial charge in [-0.05, 0) is 56.1 Å². The number of fused-ring (bicyclic) bond motifs is 5. The molecule has 1 aliphatic heterocycles. The molecule has 0 bridgehead atoms. The number of imidazole rings is 1. The van der Waals surface area contributed by atoms with Gasteiger partial charge < -0.3 is 9.13 Å². The molecule has 0 spiro atoms. The maximum absolute atomic E-state index is 4.76. The summed E-state index contributed by atoms with van der Waals surface area (Å²) in [4.78, 5) is 4.76. The van der Waals surface area contributed by atoms with E-state index in [1.165, 1.54) is 11.2 Å². The van der Waals surface area contributed by atoms with E-state index in [2.05, 4.69) is 71.5 Å². The molecule has 0 amide bonds. The maximum atomic E-state index is 4.76. The fourth-order valence-electron chi connectivity index (χ4n) is 2.56. The van der Waals surface area contributed by atoms with Crippen LogP contribution in [-0.4, -0.2) is 14.1 Å². The van der Waals surface area contributed by atoms with Gasteiger partial charge in [0.05, 0.1) is 16.7 Å². The molecule has 0 radical (unpaired) electrons. The van der Waals surface area contributed by atoms with Crippen molar-refractivity contribution in [3.8, 4) is 11.5 Å². The lowest BCUT2D eigenvalue weighted by Crippen LogP contribution is -2.15. The summed E-state index contributed by atoms with van der Waals surface area (Å²) in [5.41, 5.74) is 3.42. The Kier molecular flexibility index (Phi) is 2.23. The largest absolute Gasteiger partial charge is 0.343 e. The first-order chi connectivity index (χ1) is 8.74. The summed E-state index contributed by atoms with van der Waals surface area (Å²) in [5, 5.41) is 0. The third-order valence-corrected chi connectivity index (χ3v) is 5.26. The smallest absolute Gasteiger partial charge is 0.157 e. The van der Waals surface area contributed by atoms with E-state index >= 15 is 0 Å². The van der Waals surface area contributed by atoms with Crippen LogP contribution in [0.3, 0.4) is 0 Å². The highest BCUT2D eigenvalue weighted by molar-refractivity contribution is 9.13. The van der Waals surface area contributed by atoms with Crippen molar-refractivity contribution in [3.05, 3.63) is 39.4 Å². The van der Waals surface area contributed by atoms with Gasteiger partial charge in [-0.15, -0.1) is 0 Å². The molecular formula is C13H9Br2N3. The van der Waals surface area contributed by atoms with Crippen molar-refractivity contribution in [3.63, 3.8) is 0 Å². The summed E-state index contributed by atoms with van der Waals surface area (Å²) in [7, 11) is 0. The molecule has 1 aliphatic rings. The Morgan fingerprint density at radius 3 is 2.83 bits per heavy atom. The van der Waals surface area contributed by atoms with Gasteiger partial charge in [-0.25, -0.2) is 4.98 Å². The van der Waals surface area contributed by atoms with Crippen molar-refractivity contribution < 1.29 is 0 Å². The molecule has 0 saturated heterocycles. The van der Waals surface area contributed by atoms with Crippen LogP contribution in [0.25, 0.3) is 22.6 Å². The highest BCUT2D eigenvalue weighted by atomic mass is 79.9. The van der Waals surface area contributed by atoms with E-state index in [0.29, 0.717) is 0 Å². The molecule has 0 atom stereocenters. The van der Waals surface area contributed by atoms with E-state index in [4.69, 9.17) is 4.98 Å². The van der Waals surface area contributed by atoms with E-state index in [9.17, 15) is 0 Å². The first kappa shape index (κ1) is 10.8. The topological polar surface area (TPSA) is 22.8 Å². The maximum Gasteiger partial charge on any atom is 0.157 e. The molecule has 0 unspecified atom stereocenters. The summed E-state index contributed by atoms with van der Waals surface area (Å²) in [6.45, 7) is 1.98. The minimum absolute atomic E-state index is 0.974. The molecule has 5 heteroatoms. The summed E-state index contributed by atoms with van der Waals surface area (Å²) in [5.74, 6) is 1.06. The second-order valence-electron chi connectivity index (χ2n) is 4.43. The minimum atomic E-state index is 0.974. The monoisotopic (exact) mass is 365 g/mol. The van der Waals surface area contributed by atoms with Gasteiger partial charge in [0.2, 0.25) is 0 Å². The number of aryl methyl sites for hydroxylation is 2. The Labute approximate surface area is 121 Å². The molecule has 90 valence electrons. The van der Waals surface area contributed by atoms with E-state index < -0.39 is 0 Å². The Balaban J connectivity index is 2.09. The highest BCUT2D eigenvalue weighted by Gasteiger charge is 2.20. The second kappa shape index (κ2) is 3.71. The van der Waals surface area contributed by atoms with Crippen molar-refractivity contribution in [2.24, 2.45) is 0 Å². The van der Waals surface area contributed by atoms with Gasteiger partial charge in [-0.3, -0.25) is 0 Å². The zero-order chi connectivity index (χ0) is 12.3. The van der Waals surface area contributed by atoms with Crippen LogP contribution in [0.4, 0.5) is 0 Å². The summed E-state index contributed by atoms with van der Waals surface area (Å²) < 4.78 is 6.66. The predicted molar refractivity (Wildman–Crippen MR) is 78.6 cm³/mol. The molecule has 3 aromatic rings. The van der Waals surface area contributed by atoms with Crippen LogP contribution in [0.15, 0.2) is 39.4 Å². The normalized spacial score (nSPS) is 13.7. The van der Waals surface area contributed by atoms with Crippen molar-refractivity contribution in [1.82, 2.24) is 14.1 Å². The fraction of sp³-hybridized carbons (Fsp3) is 0.154. The van der Waals surface area contributed by atoms with Crippen molar-refractivity contribution in [2.45, 2.75) is 13.1 Å². The van der Waals surface area contributed by atoms with Crippen LogP contribution in [0, 0.1) is 0 Å². The van der Waals surface area contributed by atoms with Gasteiger partial charge in [0.25, 0.3) is 0 Å². The minimum Gasteiger partial charge on any atom is -0.343 e.